The molecule has 0 saturated carbocycles. The molecule has 1 saturated heterocycles. The molecule has 1 aliphatic heterocycles. The molecule has 3 aromatic heterocycles. The normalized spacial score (nSPS) is 18.4. The number of carbonyl (C=O) groups is 1. The molecule has 140 valence electrons. The molecule has 0 bridgehead atoms. The van der Waals surface area contributed by atoms with Gasteiger partial charge in [0.2, 0.25) is 0 Å². The highest BCUT2D eigenvalue weighted by Crippen LogP contribution is 2.32. The molecular formula is C18H18N4O3S2. The van der Waals surface area contributed by atoms with Crippen LogP contribution in [0, 0.1) is 0 Å². The first-order chi connectivity index (χ1) is 13.0. The van der Waals surface area contributed by atoms with Gasteiger partial charge in [-0.15, -0.1) is 11.3 Å². The Hall–Kier alpha value is -2.52. The molecule has 0 unspecified atom stereocenters. The van der Waals surface area contributed by atoms with E-state index in [4.69, 9.17) is 0 Å². The molecule has 0 radical (unpaired) electrons. The largest absolute Gasteiger partial charge is 0.347 e. The van der Waals surface area contributed by atoms with E-state index >= 15 is 0 Å². The summed E-state index contributed by atoms with van der Waals surface area (Å²) in [6.45, 7) is 0.375. The van der Waals surface area contributed by atoms with Crippen molar-refractivity contribution in [3.8, 4) is 10.6 Å². The second-order valence-corrected chi connectivity index (χ2v) is 9.61. The molecule has 4 heterocycles. The molecule has 1 N–H and O–H groups in total. The van der Waals surface area contributed by atoms with Gasteiger partial charge >= 0.3 is 0 Å². The zero-order valence-corrected chi connectivity index (χ0v) is 16.0. The fourth-order valence-electron chi connectivity index (χ4n) is 3.13. The number of nitrogens with zero attached hydrogens (tertiary/aromatic N) is 3. The molecule has 1 amide bonds. The number of aromatic nitrogens is 3. The van der Waals surface area contributed by atoms with Crippen LogP contribution in [-0.4, -0.2) is 40.6 Å². The number of pyridine rings is 1. The first-order valence-corrected chi connectivity index (χ1v) is 11.2. The van der Waals surface area contributed by atoms with Crippen molar-refractivity contribution in [1.82, 2.24) is 20.1 Å². The Balaban J connectivity index is 1.60. The van der Waals surface area contributed by atoms with Crippen LogP contribution in [0.4, 0.5) is 0 Å². The number of rotatable bonds is 5. The quantitative estimate of drug-likeness (QED) is 0.707. The topological polar surface area (TPSA) is 94.0 Å². The fourth-order valence-corrected chi connectivity index (χ4v) is 5.56. The maximum atomic E-state index is 12.6. The van der Waals surface area contributed by atoms with Crippen molar-refractivity contribution in [3.63, 3.8) is 0 Å². The second kappa shape index (κ2) is 7.24. The van der Waals surface area contributed by atoms with Crippen LogP contribution in [0.2, 0.25) is 0 Å². The van der Waals surface area contributed by atoms with E-state index in [0.29, 0.717) is 13.0 Å². The van der Waals surface area contributed by atoms with Crippen molar-refractivity contribution in [1.29, 1.82) is 0 Å². The van der Waals surface area contributed by atoms with E-state index in [-0.39, 0.29) is 29.1 Å². The molecular weight excluding hydrogens is 384 g/mol. The number of amides is 1. The standard InChI is InChI=1S/C18H18N4O3S2/c23-18(20-11-13-3-6-19-7-4-13)15-10-16(17-2-1-8-26-17)22(21-15)14-5-9-27(24,25)12-14/h1-4,6-8,10,14H,5,9,11-12H2,(H,20,23)/t14-/m0/s1. The monoisotopic (exact) mass is 402 g/mol. The van der Waals surface area contributed by atoms with E-state index in [0.717, 1.165) is 16.1 Å². The zero-order chi connectivity index (χ0) is 18.9. The second-order valence-electron chi connectivity index (χ2n) is 6.43. The highest BCUT2D eigenvalue weighted by molar-refractivity contribution is 7.91. The fraction of sp³-hybridized carbons (Fsp3) is 0.278. The average Bonchev–Trinajstić information content (AvgIpc) is 3.39. The lowest BCUT2D eigenvalue weighted by Gasteiger charge is -2.12. The number of hydrogen-bond donors (Lipinski definition) is 1. The Kier molecular flexibility index (Phi) is 4.79. The highest BCUT2D eigenvalue weighted by atomic mass is 32.2. The molecule has 4 rings (SSSR count). The third-order valence-electron chi connectivity index (χ3n) is 4.50. The van der Waals surface area contributed by atoms with E-state index in [1.54, 1.807) is 23.1 Å². The molecule has 3 aromatic rings. The Bertz CT molecular complexity index is 1040. The number of thiophene rings is 1. The molecule has 0 aliphatic carbocycles. The molecule has 0 spiro atoms. The SMILES string of the molecule is O=C(NCc1ccncc1)c1cc(-c2cccs2)n([C@H]2CCS(=O)(=O)C2)n1. The van der Waals surface area contributed by atoms with E-state index in [9.17, 15) is 13.2 Å². The third-order valence-corrected chi connectivity index (χ3v) is 7.14. The predicted molar refractivity (Wildman–Crippen MR) is 103 cm³/mol. The number of hydrogen-bond acceptors (Lipinski definition) is 6. The van der Waals surface area contributed by atoms with E-state index < -0.39 is 9.84 Å². The lowest BCUT2D eigenvalue weighted by Crippen LogP contribution is -2.24. The number of sulfone groups is 1. The molecule has 0 aromatic carbocycles. The van der Waals surface area contributed by atoms with Crippen molar-refractivity contribution in [2.45, 2.75) is 19.0 Å². The zero-order valence-electron chi connectivity index (χ0n) is 14.4. The molecule has 7 nitrogen and oxygen atoms in total. The maximum absolute atomic E-state index is 12.6. The maximum Gasteiger partial charge on any atom is 0.272 e. The smallest absolute Gasteiger partial charge is 0.272 e. The van der Waals surface area contributed by atoms with Crippen LogP contribution in [-0.2, 0) is 16.4 Å². The summed E-state index contributed by atoms with van der Waals surface area (Å²) in [6, 6.07) is 9.03. The first kappa shape index (κ1) is 17.9. The van der Waals surface area contributed by atoms with Crippen LogP contribution in [0.3, 0.4) is 0 Å². The Morgan fingerprint density at radius 1 is 1.30 bits per heavy atom. The molecule has 27 heavy (non-hydrogen) atoms. The van der Waals surface area contributed by atoms with Gasteiger partial charge in [-0.25, -0.2) is 8.42 Å². The van der Waals surface area contributed by atoms with Gasteiger partial charge in [0.15, 0.2) is 15.5 Å². The van der Waals surface area contributed by atoms with Gasteiger partial charge in [0.1, 0.15) is 0 Å². The molecule has 1 atom stereocenters. The summed E-state index contributed by atoms with van der Waals surface area (Å²) in [5.74, 6) is -0.0694. The van der Waals surface area contributed by atoms with Crippen LogP contribution in [0.15, 0.2) is 48.1 Å². The first-order valence-electron chi connectivity index (χ1n) is 8.53. The summed E-state index contributed by atoms with van der Waals surface area (Å²) in [5, 5.41) is 9.26. The lowest BCUT2D eigenvalue weighted by molar-refractivity contribution is 0.0945. The molecule has 9 heteroatoms. The minimum absolute atomic E-state index is 0.0606. The third kappa shape index (κ3) is 3.93. The van der Waals surface area contributed by atoms with Crippen molar-refractivity contribution in [3.05, 3.63) is 59.4 Å². The summed E-state index contributed by atoms with van der Waals surface area (Å²) < 4.78 is 25.5. The van der Waals surface area contributed by atoms with Gasteiger partial charge < -0.3 is 5.32 Å². The van der Waals surface area contributed by atoms with Crippen molar-refractivity contribution in [2.75, 3.05) is 11.5 Å². The predicted octanol–water partition coefficient (Wildman–Crippen LogP) is 2.30. The van der Waals surface area contributed by atoms with Gasteiger partial charge in [-0.1, -0.05) is 6.07 Å². The van der Waals surface area contributed by atoms with Gasteiger partial charge in [-0.3, -0.25) is 14.5 Å². The summed E-state index contributed by atoms with van der Waals surface area (Å²) in [6.07, 6.45) is 3.86. The van der Waals surface area contributed by atoms with Crippen molar-refractivity contribution >= 4 is 27.1 Å². The van der Waals surface area contributed by atoms with Gasteiger partial charge in [0, 0.05) is 18.9 Å². The number of nitrogens with one attached hydrogen (secondary N) is 1. The van der Waals surface area contributed by atoms with Gasteiger partial charge in [0.05, 0.1) is 28.1 Å². The highest BCUT2D eigenvalue weighted by Gasteiger charge is 2.32. The Labute approximate surface area is 161 Å². The summed E-state index contributed by atoms with van der Waals surface area (Å²) in [4.78, 5) is 17.5. The summed E-state index contributed by atoms with van der Waals surface area (Å²) in [7, 11) is -3.05. The van der Waals surface area contributed by atoms with Crippen molar-refractivity contribution in [2.24, 2.45) is 0 Å². The Morgan fingerprint density at radius 3 is 2.78 bits per heavy atom. The van der Waals surface area contributed by atoms with Crippen LogP contribution in [0.5, 0.6) is 0 Å². The molecule has 1 fully saturated rings. The van der Waals surface area contributed by atoms with Gasteiger partial charge in [-0.05, 0) is 41.6 Å². The van der Waals surface area contributed by atoms with Crippen molar-refractivity contribution < 1.29 is 13.2 Å². The van der Waals surface area contributed by atoms with Gasteiger partial charge in [0.25, 0.3) is 5.91 Å². The van der Waals surface area contributed by atoms with Gasteiger partial charge in [-0.2, -0.15) is 5.10 Å². The molecule has 1 aliphatic rings. The Morgan fingerprint density at radius 2 is 2.11 bits per heavy atom. The van der Waals surface area contributed by atoms with Crippen LogP contribution in [0.1, 0.15) is 28.5 Å². The van der Waals surface area contributed by atoms with Crippen LogP contribution < -0.4 is 5.32 Å². The average molecular weight is 403 g/mol. The summed E-state index contributed by atoms with van der Waals surface area (Å²) in [5.41, 5.74) is 2.01. The number of carbonyl (C=O) groups excluding carboxylic acids is 1. The van der Waals surface area contributed by atoms with E-state index in [1.807, 2.05) is 29.6 Å². The van der Waals surface area contributed by atoms with E-state index in [1.165, 1.54) is 11.3 Å². The minimum atomic E-state index is -3.05. The lowest BCUT2D eigenvalue weighted by atomic mass is 10.2. The minimum Gasteiger partial charge on any atom is -0.347 e. The summed E-state index contributed by atoms with van der Waals surface area (Å²) >= 11 is 1.54. The van der Waals surface area contributed by atoms with Crippen LogP contribution in [0.25, 0.3) is 10.6 Å². The van der Waals surface area contributed by atoms with E-state index in [2.05, 4.69) is 15.4 Å². The van der Waals surface area contributed by atoms with Crippen LogP contribution >= 0.6 is 11.3 Å².